The Bertz CT molecular complexity index is 1070. The van der Waals surface area contributed by atoms with Gasteiger partial charge in [0.25, 0.3) is 0 Å². The summed E-state index contributed by atoms with van der Waals surface area (Å²) in [7, 11) is 0. The molecule has 0 bridgehead atoms. The number of esters is 1. The monoisotopic (exact) mass is 453 g/mol. The fraction of sp³-hybridized carbons (Fsp3) is 0.286. The van der Waals surface area contributed by atoms with Crippen LogP contribution in [0.4, 0.5) is 18.9 Å². The number of amidine groups is 1. The van der Waals surface area contributed by atoms with Gasteiger partial charge in [0.05, 0.1) is 22.6 Å². The highest BCUT2D eigenvalue weighted by Crippen LogP contribution is 2.43. The number of hydrogen-bond acceptors (Lipinski definition) is 5. The van der Waals surface area contributed by atoms with Crippen LogP contribution >= 0.6 is 11.6 Å². The topological polar surface area (TPSA) is 79.7 Å². The van der Waals surface area contributed by atoms with E-state index in [-0.39, 0.29) is 27.4 Å². The molecule has 1 aliphatic heterocycles. The Kier molecular flexibility index (Phi) is 6.00. The van der Waals surface area contributed by atoms with Crippen LogP contribution in [-0.4, -0.2) is 28.4 Å². The molecule has 3 N–H and O–H groups in total. The first kappa shape index (κ1) is 22.6. The zero-order chi connectivity index (χ0) is 23.0. The Morgan fingerprint density at radius 1 is 1.19 bits per heavy atom. The van der Waals surface area contributed by atoms with Gasteiger partial charge in [-0.25, -0.2) is 4.79 Å². The number of hydrogen-bond donors (Lipinski definition) is 2. The lowest BCUT2D eigenvalue weighted by molar-refractivity contribution is -0.494. The predicted octanol–water partition coefficient (Wildman–Crippen LogP) is 5.07. The molecule has 0 amide bonds. The van der Waals surface area contributed by atoms with E-state index in [0.717, 1.165) is 6.07 Å². The number of halogens is 4. The van der Waals surface area contributed by atoms with E-state index in [2.05, 4.69) is 10.5 Å². The summed E-state index contributed by atoms with van der Waals surface area (Å²) >= 11 is 6.26. The smallest absolute Gasteiger partial charge is 0.417 e. The number of alkyl halides is 3. The normalized spacial score (nSPS) is 14.2. The molecule has 2 aromatic rings. The van der Waals surface area contributed by atoms with Crippen molar-refractivity contribution in [1.29, 1.82) is 0 Å². The maximum atomic E-state index is 13.8. The molecule has 10 heteroatoms. The van der Waals surface area contributed by atoms with E-state index in [1.54, 1.807) is 27.0 Å². The third-order valence-corrected chi connectivity index (χ3v) is 4.46. The molecule has 0 saturated carbocycles. The van der Waals surface area contributed by atoms with Crippen molar-refractivity contribution in [3.63, 3.8) is 0 Å². The van der Waals surface area contributed by atoms with Crippen molar-refractivity contribution in [3.05, 3.63) is 52.5 Å². The molecule has 31 heavy (non-hydrogen) atoms. The van der Waals surface area contributed by atoms with Crippen LogP contribution in [0.5, 0.6) is 0 Å². The summed E-state index contributed by atoms with van der Waals surface area (Å²) in [6.45, 7) is 5.18. The number of nitrogens with zero attached hydrogens (tertiary/aromatic N) is 2. The minimum Gasteiger partial charge on any atom is -0.456 e. The maximum Gasteiger partial charge on any atom is 0.417 e. The lowest BCUT2D eigenvalue weighted by atomic mass is 9.97. The Morgan fingerprint density at radius 2 is 1.84 bits per heavy atom. The molecule has 0 unspecified atom stereocenters. The molecule has 0 atom stereocenters. The Labute approximate surface area is 182 Å². The molecule has 0 radical (unpaired) electrons. The number of carbonyl (C=O) groups excluding carboxylic acids is 1. The average Bonchev–Trinajstić information content (AvgIpc) is 3.04. The highest BCUT2D eigenvalue weighted by atomic mass is 35.5. The van der Waals surface area contributed by atoms with Crippen LogP contribution in [0.3, 0.4) is 0 Å². The SMILES string of the molecule is CC(C)(C)OC(=O)c1ccc(-c2c(Cl)cc(N[N+]3=CCC(N)=N3)cc2C(F)(F)F)cc1. The highest BCUT2D eigenvalue weighted by molar-refractivity contribution is 6.33. The summed E-state index contributed by atoms with van der Waals surface area (Å²) in [4.78, 5) is 13.4. The van der Waals surface area contributed by atoms with Gasteiger partial charge in [-0.05, 0) is 50.6 Å². The van der Waals surface area contributed by atoms with E-state index in [0.29, 0.717) is 12.3 Å². The molecule has 3 rings (SSSR count). The van der Waals surface area contributed by atoms with Crippen molar-refractivity contribution in [2.45, 2.75) is 39.0 Å². The number of nitrogens with two attached hydrogens (primary N) is 1. The summed E-state index contributed by atoms with van der Waals surface area (Å²) in [6.07, 6.45) is -2.70. The molecule has 6 nitrogen and oxygen atoms in total. The summed E-state index contributed by atoms with van der Waals surface area (Å²) in [6, 6.07) is 7.93. The van der Waals surface area contributed by atoms with Crippen molar-refractivity contribution < 1.29 is 27.5 Å². The Balaban J connectivity index is 1.97. The zero-order valence-electron chi connectivity index (χ0n) is 17.0. The third kappa shape index (κ3) is 5.55. The minimum atomic E-state index is -4.67. The quantitative estimate of drug-likeness (QED) is 0.500. The average molecular weight is 454 g/mol. The van der Waals surface area contributed by atoms with Crippen molar-refractivity contribution in [2.75, 3.05) is 5.43 Å². The molecule has 1 heterocycles. The minimum absolute atomic E-state index is 0.0983. The lowest BCUT2D eigenvalue weighted by Gasteiger charge is -2.20. The second kappa shape index (κ2) is 8.22. The number of anilines is 1. The van der Waals surface area contributed by atoms with Gasteiger partial charge in [-0.15, -0.1) is 5.43 Å². The lowest BCUT2D eigenvalue weighted by Crippen LogP contribution is -2.23. The number of hydrazone groups is 2. The summed E-state index contributed by atoms with van der Waals surface area (Å²) in [5.41, 5.74) is 7.02. The van der Waals surface area contributed by atoms with Gasteiger partial charge in [-0.3, -0.25) is 0 Å². The molecule has 0 saturated heterocycles. The molecule has 0 spiro atoms. The van der Waals surface area contributed by atoms with Crippen LogP contribution in [0.2, 0.25) is 5.02 Å². The maximum absolute atomic E-state index is 13.8. The van der Waals surface area contributed by atoms with E-state index in [1.165, 1.54) is 35.1 Å². The molecule has 1 aliphatic rings. The van der Waals surface area contributed by atoms with Gasteiger partial charge < -0.3 is 10.5 Å². The van der Waals surface area contributed by atoms with E-state index < -0.39 is 23.3 Å². The third-order valence-electron chi connectivity index (χ3n) is 4.16. The summed E-state index contributed by atoms with van der Waals surface area (Å²) < 4.78 is 46.8. The second-order valence-electron chi connectivity index (χ2n) is 7.89. The van der Waals surface area contributed by atoms with Crippen LogP contribution in [0, 0.1) is 0 Å². The van der Waals surface area contributed by atoms with Crippen molar-refractivity contribution >= 4 is 35.3 Å². The molecule has 0 aliphatic carbocycles. The molecular formula is C21H21ClF3N4O2+. The van der Waals surface area contributed by atoms with Gasteiger partial charge in [0, 0.05) is 15.5 Å². The van der Waals surface area contributed by atoms with Gasteiger partial charge in [-0.1, -0.05) is 23.7 Å². The first-order valence-electron chi connectivity index (χ1n) is 9.30. The molecule has 164 valence electrons. The fourth-order valence-corrected chi connectivity index (χ4v) is 3.23. The van der Waals surface area contributed by atoms with E-state index in [4.69, 9.17) is 22.1 Å². The number of nitrogens with one attached hydrogen (secondary N) is 1. The summed E-state index contributed by atoms with van der Waals surface area (Å²) in [5.74, 6) is -0.237. The zero-order valence-corrected chi connectivity index (χ0v) is 17.8. The standard InChI is InChI=1S/C21H20ClF3N4O2/c1-20(2,3)31-19(30)13-6-4-12(5-7-13)18-15(21(23,24)25)10-14(11-16(18)22)27-29-9-8-17(26)28-29/h4-7,9-11H,8H2,1-3H3,(H2-,26,27,28,30)/p+1. The fourth-order valence-electron chi connectivity index (χ4n) is 2.90. The molecule has 0 aromatic heterocycles. The molecule has 2 aromatic carbocycles. The van der Waals surface area contributed by atoms with Crippen LogP contribution in [0.1, 0.15) is 43.1 Å². The summed E-state index contributed by atoms with van der Waals surface area (Å²) in [5, 5.41) is 3.82. The first-order chi connectivity index (χ1) is 14.3. The van der Waals surface area contributed by atoms with Gasteiger partial charge in [-0.2, -0.15) is 13.2 Å². The highest BCUT2D eigenvalue weighted by Gasteiger charge is 2.36. The van der Waals surface area contributed by atoms with Gasteiger partial charge in [0.1, 0.15) is 11.3 Å². The second-order valence-corrected chi connectivity index (χ2v) is 8.30. The van der Waals surface area contributed by atoms with Crippen LogP contribution in [0.25, 0.3) is 11.1 Å². The van der Waals surface area contributed by atoms with Crippen LogP contribution in [0.15, 0.2) is 41.5 Å². The number of ether oxygens (including phenoxy) is 1. The Hall–Kier alpha value is -3.07. The largest absolute Gasteiger partial charge is 0.456 e. The van der Waals surface area contributed by atoms with Gasteiger partial charge >= 0.3 is 12.1 Å². The number of rotatable bonds is 4. The molecular weight excluding hydrogens is 433 g/mol. The first-order valence-corrected chi connectivity index (χ1v) is 9.68. The van der Waals surface area contributed by atoms with Crippen LogP contribution < -0.4 is 11.2 Å². The van der Waals surface area contributed by atoms with Crippen LogP contribution in [-0.2, 0) is 10.9 Å². The van der Waals surface area contributed by atoms with E-state index in [1.807, 2.05) is 0 Å². The number of benzene rings is 2. The Morgan fingerprint density at radius 3 is 2.35 bits per heavy atom. The van der Waals surface area contributed by atoms with Crippen molar-refractivity contribution in [3.8, 4) is 11.1 Å². The van der Waals surface area contributed by atoms with Gasteiger partial charge in [0.2, 0.25) is 6.21 Å². The van der Waals surface area contributed by atoms with E-state index in [9.17, 15) is 18.0 Å². The van der Waals surface area contributed by atoms with Crippen molar-refractivity contribution in [2.24, 2.45) is 10.8 Å². The van der Waals surface area contributed by atoms with E-state index >= 15 is 0 Å². The predicted molar refractivity (Wildman–Crippen MR) is 113 cm³/mol. The number of carbonyl (C=O) groups is 1. The van der Waals surface area contributed by atoms with Crippen molar-refractivity contribution in [1.82, 2.24) is 0 Å². The molecule has 0 fully saturated rings. The number of hydrazine groups is 1. The van der Waals surface area contributed by atoms with Gasteiger partial charge in [0.15, 0.2) is 5.84 Å².